The van der Waals surface area contributed by atoms with E-state index in [2.05, 4.69) is 21.2 Å². The van der Waals surface area contributed by atoms with Gasteiger partial charge in [0.05, 0.1) is 21.1 Å². The quantitative estimate of drug-likeness (QED) is 0.842. The summed E-state index contributed by atoms with van der Waals surface area (Å²) in [7, 11) is 0. The summed E-state index contributed by atoms with van der Waals surface area (Å²) in [6.07, 6.45) is 0. The highest BCUT2D eigenvalue weighted by Crippen LogP contribution is 2.43. The molecule has 0 saturated carbocycles. The van der Waals surface area contributed by atoms with Crippen LogP contribution in [-0.4, -0.2) is 12.6 Å². The van der Waals surface area contributed by atoms with Crippen molar-refractivity contribution in [2.45, 2.75) is 25.9 Å². The van der Waals surface area contributed by atoms with Crippen molar-refractivity contribution in [3.63, 3.8) is 0 Å². The number of halogens is 3. The molecule has 5 heteroatoms. The average molecular weight is 309 g/mol. The molecule has 0 amide bonds. The van der Waals surface area contributed by atoms with Gasteiger partial charge in [0.2, 0.25) is 0 Å². The highest BCUT2D eigenvalue weighted by atomic mass is 79.9. The van der Waals surface area contributed by atoms with Crippen LogP contribution in [0.3, 0.4) is 0 Å². The third-order valence-corrected chi connectivity index (χ3v) is 3.30. The Morgan fingerprint density at radius 2 is 2.31 bits per heavy atom. The summed E-state index contributed by atoms with van der Waals surface area (Å²) in [6, 6.07) is 1.65. The van der Waals surface area contributed by atoms with Crippen molar-refractivity contribution < 1.29 is 9.13 Å². The van der Waals surface area contributed by atoms with Crippen molar-refractivity contribution in [1.82, 2.24) is 5.32 Å². The van der Waals surface area contributed by atoms with Crippen molar-refractivity contribution in [1.29, 1.82) is 0 Å². The smallest absolute Gasteiger partial charge is 0.150 e. The van der Waals surface area contributed by atoms with Gasteiger partial charge in [0.25, 0.3) is 0 Å². The number of hydrogen-bond acceptors (Lipinski definition) is 2. The molecular weight excluding hydrogens is 296 g/mol. The fraction of sp³-hybridized carbons (Fsp3) is 0.455. The molecule has 0 aliphatic carbocycles. The van der Waals surface area contributed by atoms with Gasteiger partial charge in [0.15, 0.2) is 0 Å². The van der Waals surface area contributed by atoms with Crippen LogP contribution in [0, 0.1) is 5.82 Å². The Bertz CT molecular complexity index is 425. The molecule has 0 radical (unpaired) electrons. The highest BCUT2D eigenvalue weighted by Gasteiger charge is 2.31. The van der Waals surface area contributed by atoms with Crippen molar-refractivity contribution in [3.8, 4) is 5.75 Å². The van der Waals surface area contributed by atoms with Crippen LogP contribution in [0.15, 0.2) is 10.5 Å². The van der Waals surface area contributed by atoms with E-state index in [1.54, 1.807) is 0 Å². The lowest BCUT2D eigenvalue weighted by atomic mass is 10.1. The molecule has 0 fully saturated rings. The van der Waals surface area contributed by atoms with Gasteiger partial charge in [-0.25, -0.2) is 4.39 Å². The molecule has 1 heterocycles. The first-order valence-corrected chi connectivity index (χ1v) is 6.24. The van der Waals surface area contributed by atoms with Gasteiger partial charge in [0, 0.05) is 6.04 Å². The summed E-state index contributed by atoms with van der Waals surface area (Å²) in [5.74, 6) is 0.163. The van der Waals surface area contributed by atoms with E-state index in [1.165, 1.54) is 6.07 Å². The maximum Gasteiger partial charge on any atom is 0.150 e. The molecule has 0 spiro atoms. The Morgan fingerprint density at radius 3 is 2.94 bits per heavy atom. The number of ether oxygens (including phenoxy) is 1. The third kappa shape index (κ3) is 2.06. The molecule has 16 heavy (non-hydrogen) atoms. The molecule has 2 rings (SSSR count). The number of fused-ring (bicyclic) bond motifs is 1. The molecule has 1 atom stereocenters. The van der Waals surface area contributed by atoms with E-state index in [9.17, 15) is 4.39 Å². The van der Waals surface area contributed by atoms with Crippen LogP contribution < -0.4 is 10.1 Å². The number of hydrogen-bond donors (Lipinski definition) is 1. The number of benzene rings is 1. The van der Waals surface area contributed by atoms with Gasteiger partial charge >= 0.3 is 0 Å². The van der Waals surface area contributed by atoms with Crippen molar-refractivity contribution >= 4 is 27.5 Å². The second-order valence-corrected chi connectivity index (χ2v) is 5.34. The lowest BCUT2D eigenvalue weighted by molar-refractivity contribution is 0.301. The minimum Gasteiger partial charge on any atom is -0.490 e. The topological polar surface area (TPSA) is 21.3 Å². The first-order chi connectivity index (χ1) is 7.50. The average Bonchev–Trinajstić information content (AvgIpc) is 2.58. The van der Waals surface area contributed by atoms with Crippen LogP contribution in [-0.2, 0) is 0 Å². The van der Waals surface area contributed by atoms with Gasteiger partial charge in [-0.05, 0) is 22.0 Å². The first kappa shape index (κ1) is 12.1. The second-order valence-electron chi connectivity index (χ2n) is 4.08. The van der Waals surface area contributed by atoms with E-state index in [0.29, 0.717) is 22.4 Å². The van der Waals surface area contributed by atoms with Gasteiger partial charge < -0.3 is 10.1 Å². The predicted molar refractivity (Wildman–Crippen MR) is 65.6 cm³/mol. The van der Waals surface area contributed by atoms with Gasteiger partial charge in [-0.3, -0.25) is 0 Å². The summed E-state index contributed by atoms with van der Waals surface area (Å²) < 4.78 is 20.1. The number of nitrogens with one attached hydrogen (secondary N) is 1. The molecule has 1 aliphatic rings. The zero-order valence-corrected chi connectivity index (χ0v) is 11.3. The van der Waals surface area contributed by atoms with Crippen LogP contribution in [0.4, 0.5) is 4.39 Å². The van der Waals surface area contributed by atoms with E-state index in [4.69, 9.17) is 16.3 Å². The maximum absolute atomic E-state index is 13.9. The molecule has 2 nitrogen and oxygen atoms in total. The van der Waals surface area contributed by atoms with Crippen LogP contribution >= 0.6 is 27.5 Å². The van der Waals surface area contributed by atoms with Crippen molar-refractivity contribution in [3.05, 3.63) is 26.9 Å². The summed E-state index contributed by atoms with van der Waals surface area (Å²) in [6.45, 7) is 4.45. The Labute approximate surface area is 107 Å². The molecular formula is C11H12BrClFNO. The van der Waals surface area contributed by atoms with E-state index >= 15 is 0 Å². The van der Waals surface area contributed by atoms with E-state index in [-0.39, 0.29) is 17.1 Å². The molecule has 1 aromatic rings. The molecule has 0 aromatic heterocycles. The zero-order chi connectivity index (χ0) is 11.9. The van der Waals surface area contributed by atoms with Crippen LogP contribution in [0.1, 0.15) is 25.5 Å². The van der Waals surface area contributed by atoms with Gasteiger partial charge in [-0.15, -0.1) is 0 Å². The van der Waals surface area contributed by atoms with Crippen LogP contribution in [0.2, 0.25) is 5.02 Å². The largest absolute Gasteiger partial charge is 0.490 e. The summed E-state index contributed by atoms with van der Waals surface area (Å²) in [4.78, 5) is 0. The van der Waals surface area contributed by atoms with Crippen molar-refractivity contribution in [2.24, 2.45) is 0 Å². The molecule has 88 valence electrons. The zero-order valence-electron chi connectivity index (χ0n) is 8.98. The Morgan fingerprint density at radius 1 is 1.62 bits per heavy atom. The van der Waals surface area contributed by atoms with Crippen molar-refractivity contribution in [2.75, 3.05) is 6.61 Å². The van der Waals surface area contributed by atoms with Crippen LogP contribution in [0.25, 0.3) is 0 Å². The summed E-state index contributed by atoms with van der Waals surface area (Å²) >= 11 is 9.13. The summed E-state index contributed by atoms with van der Waals surface area (Å²) in [5, 5.41) is 3.37. The minimum absolute atomic E-state index is 0.117. The minimum atomic E-state index is -0.393. The van der Waals surface area contributed by atoms with E-state index < -0.39 is 5.82 Å². The molecule has 0 saturated heterocycles. The van der Waals surface area contributed by atoms with Gasteiger partial charge in [-0.1, -0.05) is 25.4 Å². The fourth-order valence-electron chi connectivity index (χ4n) is 1.84. The SMILES string of the molecule is CC(C)NC1COc2c(Br)cc(Cl)c(F)c21. The Balaban J connectivity index is 2.45. The Hall–Kier alpha value is -0.320. The highest BCUT2D eigenvalue weighted by molar-refractivity contribution is 9.10. The lowest BCUT2D eigenvalue weighted by Gasteiger charge is -2.15. The monoisotopic (exact) mass is 307 g/mol. The van der Waals surface area contributed by atoms with Gasteiger partial charge in [0.1, 0.15) is 18.2 Å². The number of rotatable bonds is 2. The van der Waals surface area contributed by atoms with E-state index in [0.717, 1.165) is 0 Å². The summed E-state index contributed by atoms with van der Waals surface area (Å²) in [5.41, 5.74) is 0.521. The fourth-order valence-corrected chi connectivity index (χ4v) is 2.74. The molecule has 0 bridgehead atoms. The maximum atomic E-state index is 13.9. The second kappa shape index (κ2) is 4.51. The molecule has 1 aliphatic heterocycles. The first-order valence-electron chi connectivity index (χ1n) is 5.07. The van der Waals surface area contributed by atoms with Crippen LogP contribution in [0.5, 0.6) is 5.75 Å². The lowest BCUT2D eigenvalue weighted by Crippen LogP contribution is -2.29. The molecule has 1 N–H and O–H groups in total. The normalized spacial score (nSPS) is 18.8. The molecule has 1 aromatic carbocycles. The van der Waals surface area contributed by atoms with E-state index in [1.807, 2.05) is 13.8 Å². The Kier molecular flexibility index (Phi) is 3.42. The third-order valence-electron chi connectivity index (χ3n) is 2.44. The van der Waals surface area contributed by atoms with Gasteiger partial charge in [-0.2, -0.15) is 0 Å². The molecule has 1 unspecified atom stereocenters. The standard InChI is InChI=1S/C11H12BrClFNO/c1-5(2)15-8-4-16-11-6(12)3-7(13)10(14)9(8)11/h3,5,8,15H,4H2,1-2H3. The predicted octanol–water partition coefficient (Wildman–Crippen LogP) is 3.67.